The zero-order chi connectivity index (χ0) is 24.4. The lowest BCUT2D eigenvalue weighted by atomic mass is 9.75. The minimum atomic E-state index is -0.869. The average Bonchev–Trinajstić information content (AvgIpc) is 3.41. The van der Waals surface area contributed by atoms with E-state index < -0.39 is 10.8 Å². The second-order valence-corrected chi connectivity index (χ2v) is 11.1. The Morgan fingerprint density at radius 1 is 1.06 bits per heavy atom. The van der Waals surface area contributed by atoms with Gasteiger partial charge in [-0.1, -0.05) is 30.3 Å². The maximum Gasteiger partial charge on any atom is 0.244 e. The Morgan fingerprint density at radius 2 is 1.86 bits per heavy atom. The molecule has 7 heteroatoms. The van der Waals surface area contributed by atoms with Crippen molar-refractivity contribution in [2.24, 2.45) is 0 Å². The standard InChI is InChI=1S/C28H29NO4S2/c1-19-6-3-4-9-25(19)35-26-24(30)17-28(29(2)27(26)31,21-12-15-34-18-21)20-7-5-8-23(16-20)33-22-10-13-32-14-11-22/h3-9,12,15-16,18,22,26H,10-11,13-14,17H2,1-2H3. The van der Waals surface area contributed by atoms with Crippen LogP contribution in [0.15, 0.2) is 70.3 Å². The van der Waals surface area contributed by atoms with Crippen LogP contribution < -0.4 is 4.74 Å². The van der Waals surface area contributed by atoms with E-state index in [9.17, 15) is 9.59 Å². The molecule has 5 rings (SSSR count). The second kappa shape index (κ2) is 10.2. The molecule has 1 amide bonds. The molecule has 0 aliphatic carbocycles. The van der Waals surface area contributed by atoms with Gasteiger partial charge in [-0.2, -0.15) is 11.3 Å². The third-order valence-electron chi connectivity index (χ3n) is 6.97. The predicted molar refractivity (Wildman–Crippen MR) is 139 cm³/mol. The van der Waals surface area contributed by atoms with Crippen LogP contribution in [-0.4, -0.2) is 48.2 Å². The number of aryl methyl sites for hydroxylation is 1. The second-order valence-electron chi connectivity index (χ2n) is 9.13. The van der Waals surface area contributed by atoms with Crippen molar-refractivity contribution in [1.82, 2.24) is 4.90 Å². The van der Waals surface area contributed by atoms with E-state index in [4.69, 9.17) is 9.47 Å². The topological polar surface area (TPSA) is 55.8 Å². The van der Waals surface area contributed by atoms with E-state index in [-0.39, 0.29) is 24.2 Å². The monoisotopic (exact) mass is 507 g/mol. The summed E-state index contributed by atoms with van der Waals surface area (Å²) in [5, 5.41) is 3.28. The largest absolute Gasteiger partial charge is 0.490 e. The zero-order valence-electron chi connectivity index (χ0n) is 19.9. The number of piperidine rings is 1. The van der Waals surface area contributed by atoms with Crippen LogP contribution in [-0.2, 0) is 19.9 Å². The van der Waals surface area contributed by atoms with Crippen LogP contribution in [0.25, 0.3) is 0 Å². The molecule has 35 heavy (non-hydrogen) atoms. The number of hydrogen-bond acceptors (Lipinski definition) is 6. The van der Waals surface area contributed by atoms with Crippen molar-refractivity contribution in [3.05, 3.63) is 82.0 Å². The Morgan fingerprint density at radius 3 is 2.60 bits per heavy atom. The summed E-state index contributed by atoms with van der Waals surface area (Å²) >= 11 is 2.93. The first-order valence-electron chi connectivity index (χ1n) is 11.9. The van der Waals surface area contributed by atoms with Crippen molar-refractivity contribution >= 4 is 34.8 Å². The number of ether oxygens (including phenoxy) is 2. The number of ketones is 1. The third kappa shape index (κ3) is 4.65. The van der Waals surface area contributed by atoms with Gasteiger partial charge in [-0.3, -0.25) is 9.59 Å². The molecule has 2 aromatic carbocycles. The van der Waals surface area contributed by atoms with Gasteiger partial charge in [0.1, 0.15) is 22.6 Å². The summed E-state index contributed by atoms with van der Waals surface area (Å²) in [6, 6.07) is 17.8. The van der Waals surface area contributed by atoms with Crippen LogP contribution in [0.4, 0.5) is 0 Å². The molecule has 2 unspecified atom stereocenters. The van der Waals surface area contributed by atoms with Gasteiger partial charge in [0.15, 0.2) is 5.78 Å². The molecule has 0 spiro atoms. The van der Waals surface area contributed by atoms with Crippen LogP contribution in [0.1, 0.15) is 36.0 Å². The van der Waals surface area contributed by atoms with E-state index in [1.807, 2.05) is 79.3 Å². The van der Waals surface area contributed by atoms with Crippen molar-refractivity contribution in [2.75, 3.05) is 20.3 Å². The number of rotatable bonds is 6. The summed E-state index contributed by atoms with van der Waals surface area (Å²) in [6.45, 7) is 3.41. The SMILES string of the molecule is Cc1ccccc1SC1C(=O)CC(c2ccsc2)(c2cccc(OC3CCOCC3)c2)N(C)C1=O. The maximum atomic E-state index is 13.8. The highest BCUT2D eigenvalue weighted by Crippen LogP contribution is 2.46. The molecule has 3 heterocycles. The molecule has 182 valence electrons. The Labute approximate surface area is 214 Å². The average molecular weight is 508 g/mol. The summed E-state index contributed by atoms with van der Waals surface area (Å²) in [6.07, 6.45) is 2.04. The molecular weight excluding hydrogens is 478 g/mol. The first kappa shape index (κ1) is 24.1. The molecule has 3 aromatic rings. The van der Waals surface area contributed by atoms with Crippen molar-refractivity contribution in [2.45, 2.75) is 48.0 Å². The highest BCUT2D eigenvalue weighted by atomic mass is 32.2. The highest BCUT2D eigenvalue weighted by Gasteiger charge is 2.51. The van der Waals surface area contributed by atoms with Crippen molar-refractivity contribution < 1.29 is 19.1 Å². The third-order valence-corrected chi connectivity index (χ3v) is 9.07. The minimum Gasteiger partial charge on any atom is -0.490 e. The summed E-state index contributed by atoms with van der Waals surface area (Å²) in [5.74, 6) is 0.536. The van der Waals surface area contributed by atoms with E-state index in [0.29, 0.717) is 13.2 Å². The zero-order valence-corrected chi connectivity index (χ0v) is 21.6. The number of nitrogens with zero attached hydrogens (tertiary/aromatic N) is 1. The van der Waals surface area contributed by atoms with Crippen LogP contribution in [0.2, 0.25) is 0 Å². The molecule has 2 atom stereocenters. The number of carbonyl (C=O) groups is 2. The number of hydrogen-bond donors (Lipinski definition) is 0. The molecule has 2 aliphatic rings. The molecule has 0 bridgehead atoms. The van der Waals surface area contributed by atoms with Crippen LogP contribution in [0.5, 0.6) is 5.75 Å². The van der Waals surface area contributed by atoms with E-state index in [1.165, 1.54) is 11.8 Å². The van der Waals surface area contributed by atoms with Gasteiger partial charge in [-0.25, -0.2) is 0 Å². The molecule has 2 fully saturated rings. The Balaban J connectivity index is 1.50. The van der Waals surface area contributed by atoms with Gasteiger partial charge in [0.25, 0.3) is 0 Å². The first-order chi connectivity index (χ1) is 17.0. The van der Waals surface area contributed by atoms with Gasteiger partial charge in [-0.05, 0) is 58.6 Å². The molecule has 0 saturated carbocycles. The fraction of sp³-hybridized carbons (Fsp3) is 0.357. The Bertz CT molecular complexity index is 1210. The number of Topliss-reactive ketones (excluding diaryl/α,β-unsaturated/α-hetero) is 1. The normalized spacial score (nSPS) is 23.5. The molecule has 5 nitrogen and oxygen atoms in total. The lowest BCUT2D eigenvalue weighted by Crippen LogP contribution is -2.58. The minimum absolute atomic E-state index is 0.0525. The van der Waals surface area contributed by atoms with Crippen LogP contribution in [0.3, 0.4) is 0 Å². The number of thiophene rings is 1. The summed E-state index contributed by atoms with van der Waals surface area (Å²) in [5.41, 5.74) is 2.04. The molecule has 0 N–H and O–H groups in total. The van der Waals surface area contributed by atoms with E-state index in [1.54, 1.807) is 16.2 Å². The lowest BCUT2D eigenvalue weighted by molar-refractivity contribution is -0.144. The predicted octanol–water partition coefficient (Wildman–Crippen LogP) is 5.45. The lowest BCUT2D eigenvalue weighted by Gasteiger charge is -2.47. The van der Waals surface area contributed by atoms with Gasteiger partial charge >= 0.3 is 0 Å². The number of benzene rings is 2. The summed E-state index contributed by atoms with van der Waals surface area (Å²) in [4.78, 5) is 30.2. The molecule has 0 radical (unpaired) electrons. The maximum absolute atomic E-state index is 13.8. The van der Waals surface area contributed by atoms with Crippen molar-refractivity contribution in [3.8, 4) is 5.75 Å². The van der Waals surface area contributed by atoms with Crippen LogP contribution in [0, 0.1) is 6.92 Å². The quantitative estimate of drug-likeness (QED) is 0.415. The van der Waals surface area contributed by atoms with E-state index in [0.717, 1.165) is 40.2 Å². The van der Waals surface area contributed by atoms with Gasteiger partial charge in [0.05, 0.1) is 13.2 Å². The number of thioether (sulfide) groups is 1. The number of carbonyl (C=O) groups excluding carboxylic acids is 2. The highest BCUT2D eigenvalue weighted by molar-refractivity contribution is 8.01. The molecule has 1 aromatic heterocycles. The first-order valence-corrected chi connectivity index (χ1v) is 13.7. The van der Waals surface area contributed by atoms with Gasteiger partial charge < -0.3 is 14.4 Å². The summed E-state index contributed by atoms with van der Waals surface area (Å²) in [7, 11) is 1.82. The van der Waals surface area contributed by atoms with Gasteiger partial charge in [0, 0.05) is 31.2 Å². The fourth-order valence-electron chi connectivity index (χ4n) is 4.97. The Kier molecular flexibility index (Phi) is 7.00. The van der Waals surface area contributed by atoms with Crippen molar-refractivity contribution in [3.63, 3.8) is 0 Å². The fourth-order valence-corrected chi connectivity index (χ4v) is 6.83. The van der Waals surface area contributed by atoms with Crippen molar-refractivity contribution in [1.29, 1.82) is 0 Å². The van der Waals surface area contributed by atoms with E-state index >= 15 is 0 Å². The smallest absolute Gasteiger partial charge is 0.244 e. The van der Waals surface area contributed by atoms with Gasteiger partial charge in [-0.15, -0.1) is 11.8 Å². The summed E-state index contributed by atoms with van der Waals surface area (Å²) < 4.78 is 11.7. The Hall–Kier alpha value is -2.61. The molecular formula is C28H29NO4S2. The van der Waals surface area contributed by atoms with Gasteiger partial charge in [0.2, 0.25) is 5.91 Å². The molecule has 2 aliphatic heterocycles. The van der Waals surface area contributed by atoms with E-state index in [2.05, 4.69) is 0 Å². The molecule has 2 saturated heterocycles. The number of amides is 1. The number of likely N-dealkylation sites (tertiary alicyclic amines) is 1. The van der Waals surface area contributed by atoms with Crippen LogP contribution >= 0.6 is 23.1 Å².